The van der Waals surface area contributed by atoms with Gasteiger partial charge in [0.15, 0.2) is 0 Å². The molecule has 0 spiro atoms. The van der Waals surface area contributed by atoms with Crippen LogP contribution in [0, 0.1) is 23.7 Å². The zero-order valence-corrected chi connectivity index (χ0v) is 8.92. The molecular weight excluding hydrogens is 167 g/mol. The first-order valence-electron chi connectivity index (χ1n) is 5.38. The molecule has 0 N–H and O–H groups in total. The second kappa shape index (κ2) is 4.94. The second-order valence-electron chi connectivity index (χ2n) is 4.86. The van der Waals surface area contributed by atoms with Crippen LogP contribution in [0.5, 0.6) is 0 Å². The van der Waals surface area contributed by atoms with Crippen molar-refractivity contribution in [3.63, 3.8) is 0 Å². The standard InChI is InChI=1S/C11H21FO/c1-8(2)11-5-4-9(3)6-10(11)7-13-12/h8-11H,4-7H2,1-3H3/t9?,10?,11-/m0/s1. The Morgan fingerprint density at radius 3 is 2.62 bits per heavy atom. The first kappa shape index (κ1) is 11.0. The van der Waals surface area contributed by atoms with E-state index in [1.54, 1.807) is 0 Å². The van der Waals surface area contributed by atoms with E-state index in [1.165, 1.54) is 12.8 Å². The largest absolute Gasteiger partial charge is 0.194 e. The van der Waals surface area contributed by atoms with Crippen LogP contribution in [-0.2, 0) is 4.94 Å². The lowest BCUT2D eigenvalue weighted by molar-refractivity contribution is -0.157. The van der Waals surface area contributed by atoms with Gasteiger partial charge in [-0.2, -0.15) is 4.94 Å². The van der Waals surface area contributed by atoms with Crippen molar-refractivity contribution in [2.75, 3.05) is 6.61 Å². The number of hydrogen-bond donors (Lipinski definition) is 0. The molecule has 13 heavy (non-hydrogen) atoms. The molecule has 78 valence electrons. The summed E-state index contributed by atoms with van der Waals surface area (Å²) in [6.07, 6.45) is 3.67. The predicted octanol–water partition coefficient (Wildman–Crippen LogP) is 3.60. The molecular formula is C11H21FO. The number of rotatable bonds is 3. The van der Waals surface area contributed by atoms with E-state index in [9.17, 15) is 4.53 Å². The van der Waals surface area contributed by atoms with Gasteiger partial charge in [-0.15, -0.1) is 0 Å². The average molecular weight is 188 g/mol. The fraction of sp³-hybridized carbons (Fsp3) is 1.00. The highest BCUT2D eigenvalue weighted by Crippen LogP contribution is 2.37. The van der Waals surface area contributed by atoms with Gasteiger partial charge in [-0.05, 0) is 41.0 Å². The Morgan fingerprint density at radius 1 is 1.38 bits per heavy atom. The molecule has 2 heteroatoms. The molecule has 2 unspecified atom stereocenters. The lowest BCUT2D eigenvalue weighted by Crippen LogP contribution is -2.30. The van der Waals surface area contributed by atoms with E-state index < -0.39 is 0 Å². The van der Waals surface area contributed by atoms with E-state index >= 15 is 0 Å². The van der Waals surface area contributed by atoms with Crippen molar-refractivity contribution in [3.8, 4) is 0 Å². The Labute approximate surface area is 80.6 Å². The highest BCUT2D eigenvalue weighted by atomic mass is 19.3. The smallest absolute Gasteiger partial charge is 0.0907 e. The van der Waals surface area contributed by atoms with E-state index in [1.807, 2.05) is 0 Å². The van der Waals surface area contributed by atoms with Gasteiger partial charge in [-0.3, -0.25) is 0 Å². The monoisotopic (exact) mass is 188 g/mol. The maximum absolute atomic E-state index is 11.8. The Kier molecular flexibility index (Phi) is 4.17. The van der Waals surface area contributed by atoms with E-state index in [2.05, 4.69) is 25.7 Å². The Balaban J connectivity index is 2.50. The summed E-state index contributed by atoms with van der Waals surface area (Å²) in [5.74, 6) is 2.50. The van der Waals surface area contributed by atoms with Crippen LogP contribution in [0.1, 0.15) is 40.0 Å². The van der Waals surface area contributed by atoms with E-state index in [4.69, 9.17) is 0 Å². The van der Waals surface area contributed by atoms with Gasteiger partial charge in [0.1, 0.15) is 0 Å². The maximum atomic E-state index is 11.8. The molecule has 1 saturated carbocycles. The van der Waals surface area contributed by atoms with Crippen LogP contribution in [0.2, 0.25) is 0 Å². The molecule has 0 aliphatic heterocycles. The van der Waals surface area contributed by atoms with Crippen molar-refractivity contribution in [1.82, 2.24) is 0 Å². The number of hydrogen-bond acceptors (Lipinski definition) is 1. The molecule has 3 atom stereocenters. The van der Waals surface area contributed by atoms with Gasteiger partial charge in [0.05, 0.1) is 6.61 Å². The van der Waals surface area contributed by atoms with Gasteiger partial charge in [0, 0.05) is 0 Å². The predicted molar refractivity (Wildman–Crippen MR) is 51.9 cm³/mol. The quantitative estimate of drug-likeness (QED) is 0.657. The Bertz CT molecular complexity index is 147. The van der Waals surface area contributed by atoms with Crippen LogP contribution in [0.4, 0.5) is 4.53 Å². The highest BCUT2D eigenvalue weighted by Gasteiger charge is 2.30. The van der Waals surface area contributed by atoms with Gasteiger partial charge in [-0.1, -0.05) is 27.2 Å². The Morgan fingerprint density at radius 2 is 2.08 bits per heavy atom. The Hall–Kier alpha value is -0.110. The summed E-state index contributed by atoms with van der Waals surface area (Å²) in [6.45, 7) is 7.01. The summed E-state index contributed by atoms with van der Waals surface area (Å²) in [5.41, 5.74) is 0. The van der Waals surface area contributed by atoms with Crippen LogP contribution in [0.15, 0.2) is 0 Å². The number of halogens is 1. The van der Waals surface area contributed by atoms with E-state index in [0.717, 1.165) is 12.3 Å². The van der Waals surface area contributed by atoms with Gasteiger partial charge in [-0.25, -0.2) is 0 Å². The summed E-state index contributed by atoms with van der Waals surface area (Å²) in [4.78, 5) is 3.81. The highest BCUT2D eigenvalue weighted by molar-refractivity contribution is 4.80. The van der Waals surface area contributed by atoms with Gasteiger partial charge in [0.2, 0.25) is 0 Å². The van der Waals surface area contributed by atoms with Crippen LogP contribution in [0.3, 0.4) is 0 Å². The van der Waals surface area contributed by atoms with E-state index in [0.29, 0.717) is 24.4 Å². The average Bonchev–Trinajstić information content (AvgIpc) is 2.04. The van der Waals surface area contributed by atoms with Gasteiger partial charge < -0.3 is 0 Å². The normalized spacial score (nSPS) is 35.3. The molecule has 1 aliphatic carbocycles. The first-order chi connectivity index (χ1) is 6.15. The lowest BCUT2D eigenvalue weighted by atomic mass is 9.70. The van der Waals surface area contributed by atoms with Crippen molar-refractivity contribution >= 4 is 0 Å². The fourth-order valence-electron chi connectivity index (χ4n) is 2.67. The van der Waals surface area contributed by atoms with Crippen molar-refractivity contribution < 1.29 is 9.47 Å². The third-order valence-corrected chi connectivity index (χ3v) is 3.44. The lowest BCUT2D eigenvalue weighted by Gasteiger charge is -2.36. The zero-order chi connectivity index (χ0) is 9.84. The molecule has 0 aromatic carbocycles. The minimum absolute atomic E-state index is 0.299. The molecule has 0 radical (unpaired) electrons. The molecule has 0 aromatic rings. The molecule has 0 aromatic heterocycles. The van der Waals surface area contributed by atoms with Gasteiger partial charge in [0.25, 0.3) is 0 Å². The second-order valence-corrected chi connectivity index (χ2v) is 4.86. The fourth-order valence-corrected chi connectivity index (χ4v) is 2.67. The first-order valence-corrected chi connectivity index (χ1v) is 5.38. The molecule has 1 rings (SSSR count). The molecule has 0 heterocycles. The molecule has 0 amide bonds. The van der Waals surface area contributed by atoms with Crippen molar-refractivity contribution in [3.05, 3.63) is 0 Å². The van der Waals surface area contributed by atoms with Crippen molar-refractivity contribution in [2.45, 2.75) is 40.0 Å². The third-order valence-electron chi connectivity index (χ3n) is 3.44. The van der Waals surface area contributed by atoms with Crippen LogP contribution in [0.25, 0.3) is 0 Å². The molecule has 1 nitrogen and oxygen atoms in total. The van der Waals surface area contributed by atoms with Crippen LogP contribution < -0.4 is 0 Å². The van der Waals surface area contributed by atoms with Gasteiger partial charge >= 0.3 is 0 Å². The summed E-state index contributed by atoms with van der Waals surface area (Å²) in [7, 11) is 0. The van der Waals surface area contributed by atoms with Crippen molar-refractivity contribution in [2.24, 2.45) is 23.7 Å². The SMILES string of the molecule is CC1CC[C@@H](C(C)C)C(COF)C1. The maximum Gasteiger partial charge on any atom is 0.0907 e. The van der Waals surface area contributed by atoms with E-state index in [-0.39, 0.29) is 0 Å². The zero-order valence-electron chi connectivity index (χ0n) is 8.92. The minimum Gasteiger partial charge on any atom is -0.194 e. The summed E-state index contributed by atoms with van der Waals surface area (Å²) >= 11 is 0. The van der Waals surface area contributed by atoms with Crippen LogP contribution >= 0.6 is 0 Å². The summed E-state index contributed by atoms with van der Waals surface area (Å²) in [5, 5.41) is 0. The van der Waals surface area contributed by atoms with Crippen LogP contribution in [-0.4, -0.2) is 6.61 Å². The summed E-state index contributed by atoms with van der Waals surface area (Å²) in [6, 6.07) is 0. The third kappa shape index (κ3) is 2.94. The molecule has 1 aliphatic rings. The topological polar surface area (TPSA) is 9.23 Å². The molecule has 0 bridgehead atoms. The molecule has 0 saturated heterocycles. The summed E-state index contributed by atoms with van der Waals surface area (Å²) < 4.78 is 11.8. The molecule has 1 fully saturated rings. The minimum atomic E-state index is 0.299. The van der Waals surface area contributed by atoms with Crippen molar-refractivity contribution in [1.29, 1.82) is 0 Å².